The number of aliphatic hydroxyl groups excluding tert-OH is 3. The Balaban J connectivity index is 0. The monoisotopic (exact) mass is 292 g/mol. The van der Waals surface area contributed by atoms with Crippen LogP contribution in [0, 0.1) is 11.3 Å². The molecule has 4 nitrogen and oxygen atoms in total. The molecule has 0 aromatic carbocycles. The lowest BCUT2D eigenvalue weighted by Crippen LogP contribution is -2.36. The third-order valence-electron chi connectivity index (χ3n) is 4.44. The molecule has 0 amide bonds. The molecule has 0 saturated heterocycles. The predicted octanol–water partition coefficient (Wildman–Crippen LogP) is 2.33. The third kappa shape index (κ3) is 8.20. The van der Waals surface area contributed by atoms with Gasteiger partial charge in [0.25, 0.3) is 0 Å². The van der Waals surface area contributed by atoms with Gasteiger partial charge in [0, 0.05) is 19.1 Å². The van der Waals surface area contributed by atoms with Crippen LogP contribution < -0.4 is 0 Å². The van der Waals surface area contributed by atoms with Gasteiger partial charge < -0.3 is 20.4 Å². The minimum atomic E-state index is -0.658. The van der Waals surface area contributed by atoms with Crippen molar-refractivity contribution in [1.29, 1.82) is 0 Å². The summed E-state index contributed by atoms with van der Waals surface area (Å²) in [5.74, 6) is -0.0116. The van der Waals surface area contributed by atoms with Crippen LogP contribution in [-0.4, -0.2) is 45.3 Å². The molecule has 124 valence electrons. The van der Waals surface area contributed by atoms with E-state index >= 15 is 0 Å². The highest BCUT2D eigenvalue weighted by Crippen LogP contribution is 2.26. The summed E-state index contributed by atoms with van der Waals surface area (Å²) in [5.41, 5.74) is -0.747. The molecule has 0 aliphatic carbocycles. The normalized spacial score (nSPS) is 17.7. The van der Waals surface area contributed by atoms with Crippen molar-refractivity contribution in [2.24, 2.45) is 11.3 Å². The van der Waals surface area contributed by atoms with Gasteiger partial charge in [0.05, 0.1) is 11.7 Å². The zero-order valence-electron chi connectivity index (χ0n) is 14.2. The molecule has 0 aromatic rings. The summed E-state index contributed by atoms with van der Waals surface area (Å²) in [6.45, 7) is 11.7. The zero-order valence-corrected chi connectivity index (χ0v) is 14.2. The first-order valence-corrected chi connectivity index (χ1v) is 7.76. The molecule has 3 unspecified atom stereocenters. The van der Waals surface area contributed by atoms with Crippen molar-refractivity contribution in [3.8, 4) is 0 Å². The average Bonchev–Trinajstić information content (AvgIpc) is 2.45. The summed E-state index contributed by atoms with van der Waals surface area (Å²) in [6.07, 6.45) is 2.71. The highest BCUT2D eigenvalue weighted by Gasteiger charge is 2.28. The molecule has 0 heterocycles. The minimum Gasteiger partial charge on any atom is -0.396 e. The Hall–Kier alpha value is -0.160. The van der Waals surface area contributed by atoms with E-state index in [4.69, 9.17) is 15.3 Å². The van der Waals surface area contributed by atoms with E-state index in [9.17, 15) is 5.11 Å². The zero-order chi connectivity index (χ0) is 16.4. The lowest BCUT2D eigenvalue weighted by molar-refractivity contribution is -0.0382. The fourth-order valence-electron chi connectivity index (χ4n) is 2.15. The summed E-state index contributed by atoms with van der Waals surface area (Å²) in [6, 6.07) is 0. The summed E-state index contributed by atoms with van der Waals surface area (Å²) in [5, 5.41) is 36.5. The van der Waals surface area contributed by atoms with Gasteiger partial charge in [0.1, 0.15) is 0 Å². The number of hydrogen-bond donors (Lipinski definition) is 4. The maximum Gasteiger partial charge on any atom is 0.0689 e. The van der Waals surface area contributed by atoms with Gasteiger partial charge in [-0.3, -0.25) is 0 Å². The number of aliphatic hydroxyl groups is 4. The van der Waals surface area contributed by atoms with Crippen molar-refractivity contribution in [1.82, 2.24) is 0 Å². The molecule has 0 rings (SSSR count). The molecule has 0 bridgehead atoms. The van der Waals surface area contributed by atoms with Crippen LogP contribution in [0.25, 0.3) is 0 Å². The van der Waals surface area contributed by atoms with Gasteiger partial charge in [0.15, 0.2) is 0 Å². The molecule has 0 radical (unpaired) electrons. The van der Waals surface area contributed by atoms with Gasteiger partial charge in [-0.1, -0.05) is 34.6 Å². The highest BCUT2D eigenvalue weighted by molar-refractivity contribution is 4.80. The molecule has 0 aliphatic rings. The molecule has 0 fully saturated rings. The molecule has 0 aromatic heterocycles. The first-order chi connectivity index (χ1) is 9.14. The Labute approximate surface area is 124 Å². The van der Waals surface area contributed by atoms with Gasteiger partial charge in [-0.2, -0.15) is 0 Å². The lowest BCUT2D eigenvalue weighted by Gasteiger charge is -2.30. The van der Waals surface area contributed by atoms with Crippen molar-refractivity contribution >= 4 is 0 Å². The summed E-state index contributed by atoms with van der Waals surface area (Å²) in [4.78, 5) is 0. The van der Waals surface area contributed by atoms with Crippen LogP contribution >= 0.6 is 0 Å². The molecule has 0 aliphatic heterocycles. The summed E-state index contributed by atoms with van der Waals surface area (Å²) in [7, 11) is 0. The second-order valence-electron chi connectivity index (χ2n) is 6.27. The maximum absolute atomic E-state index is 9.74. The topological polar surface area (TPSA) is 80.9 Å². The first-order valence-electron chi connectivity index (χ1n) is 7.76. The van der Waals surface area contributed by atoms with Crippen molar-refractivity contribution in [3.63, 3.8) is 0 Å². The van der Waals surface area contributed by atoms with Crippen molar-refractivity contribution in [2.75, 3.05) is 13.2 Å². The molecule has 3 atom stereocenters. The largest absolute Gasteiger partial charge is 0.396 e. The summed E-state index contributed by atoms with van der Waals surface area (Å²) < 4.78 is 0. The van der Waals surface area contributed by atoms with Crippen LogP contribution in [0.4, 0.5) is 0 Å². The Bertz CT molecular complexity index is 221. The first kappa shape index (κ1) is 22.1. The second-order valence-corrected chi connectivity index (χ2v) is 6.27. The van der Waals surface area contributed by atoms with E-state index < -0.39 is 5.60 Å². The van der Waals surface area contributed by atoms with E-state index in [0.717, 1.165) is 6.42 Å². The molecule has 20 heavy (non-hydrogen) atoms. The Morgan fingerprint density at radius 1 is 0.950 bits per heavy atom. The van der Waals surface area contributed by atoms with Crippen molar-refractivity contribution < 1.29 is 20.4 Å². The fourth-order valence-corrected chi connectivity index (χ4v) is 2.15. The maximum atomic E-state index is 9.74. The minimum absolute atomic E-state index is 0.0116. The lowest BCUT2D eigenvalue weighted by atomic mass is 9.83. The van der Waals surface area contributed by atoms with Crippen LogP contribution in [0.3, 0.4) is 0 Å². The van der Waals surface area contributed by atoms with Crippen LogP contribution in [0.5, 0.6) is 0 Å². The van der Waals surface area contributed by atoms with Crippen LogP contribution in [0.2, 0.25) is 0 Å². The Morgan fingerprint density at radius 2 is 1.40 bits per heavy atom. The van der Waals surface area contributed by atoms with E-state index in [2.05, 4.69) is 0 Å². The quantitative estimate of drug-likeness (QED) is 0.553. The summed E-state index contributed by atoms with van der Waals surface area (Å²) >= 11 is 0. The van der Waals surface area contributed by atoms with Gasteiger partial charge in [-0.25, -0.2) is 0 Å². The van der Waals surface area contributed by atoms with Crippen LogP contribution in [0.1, 0.15) is 67.2 Å². The predicted molar refractivity (Wildman–Crippen MR) is 83.6 cm³/mol. The Kier molecular flexibility index (Phi) is 11.7. The Morgan fingerprint density at radius 3 is 1.50 bits per heavy atom. The van der Waals surface area contributed by atoms with E-state index in [1.165, 1.54) is 0 Å². The van der Waals surface area contributed by atoms with Crippen molar-refractivity contribution in [2.45, 2.75) is 78.9 Å². The molecule has 4 N–H and O–H groups in total. The van der Waals surface area contributed by atoms with Crippen molar-refractivity contribution in [3.05, 3.63) is 0 Å². The second kappa shape index (κ2) is 10.6. The van der Waals surface area contributed by atoms with E-state index in [0.29, 0.717) is 19.3 Å². The van der Waals surface area contributed by atoms with Gasteiger partial charge in [0.2, 0.25) is 0 Å². The van der Waals surface area contributed by atoms with Gasteiger partial charge in [-0.15, -0.1) is 0 Å². The average molecular weight is 292 g/mol. The molecular formula is C16H36O4. The highest BCUT2D eigenvalue weighted by atomic mass is 16.3. The molecule has 4 heteroatoms. The SMILES string of the molecule is CCC(C)(CO)CC(C)O.CCC(O)(CC)C(C)CO. The molecule has 0 spiro atoms. The van der Waals surface area contributed by atoms with Crippen LogP contribution in [0.15, 0.2) is 0 Å². The third-order valence-corrected chi connectivity index (χ3v) is 4.44. The number of hydrogen-bond acceptors (Lipinski definition) is 4. The molecular weight excluding hydrogens is 256 g/mol. The van der Waals surface area contributed by atoms with Crippen LogP contribution in [-0.2, 0) is 0 Å². The molecule has 0 saturated carbocycles. The van der Waals surface area contributed by atoms with E-state index in [-0.39, 0.29) is 30.7 Å². The number of rotatable bonds is 8. The van der Waals surface area contributed by atoms with Gasteiger partial charge in [-0.05, 0) is 38.0 Å². The smallest absolute Gasteiger partial charge is 0.0689 e. The van der Waals surface area contributed by atoms with E-state index in [1.807, 2.05) is 34.6 Å². The standard InChI is InChI=1S/2C8H18O2/c1-4-8(3,6-9)5-7(2)10;1-4-8(10,5-2)7(3)6-9/h2*7,9-10H,4-6H2,1-3H3. The fraction of sp³-hybridized carbons (Fsp3) is 1.00. The van der Waals surface area contributed by atoms with Gasteiger partial charge >= 0.3 is 0 Å². The van der Waals surface area contributed by atoms with E-state index in [1.54, 1.807) is 6.92 Å².